The Hall–Kier alpha value is -2.88. The summed E-state index contributed by atoms with van der Waals surface area (Å²) in [6, 6.07) is 15.5. The summed E-state index contributed by atoms with van der Waals surface area (Å²) in [6.07, 6.45) is 7.72. The maximum atomic E-state index is 11.1. The topological polar surface area (TPSA) is 52.6 Å². The van der Waals surface area contributed by atoms with Crippen molar-refractivity contribution < 1.29 is 19.1 Å². The van der Waals surface area contributed by atoms with Crippen LogP contribution >= 0.6 is 0 Å². The van der Waals surface area contributed by atoms with Crippen molar-refractivity contribution in [1.82, 2.24) is 0 Å². The number of carbonyl (C=O) groups excluding carboxylic acids is 2. The number of ether oxygens (including phenoxy) is 2. The van der Waals surface area contributed by atoms with Crippen LogP contribution in [0.3, 0.4) is 0 Å². The van der Waals surface area contributed by atoms with E-state index in [1.807, 2.05) is 48.5 Å². The molecule has 0 aliphatic heterocycles. The fraction of sp³-hybridized carbons (Fsp3) is 0.304. The molecule has 0 amide bonds. The van der Waals surface area contributed by atoms with Crippen LogP contribution in [0, 0.1) is 5.92 Å². The predicted octanol–water partition coefficient (Wildman–Crippen LogP) is 5.03. The van der Waals surface area contributed by atoms with Crippen LogP contribution in [-0.2, 0) is 9.59 Å². The molecule has 0 aromatic heterocycles. The minimum atomic E-state index is -0.322. The zero-order valence-electron chi connectivity index (χ0n) is 15.7. The molecular formula is C23H24O4. The molecule has 140 valence electrons. The Bertz CT molecular complexity index is 759. The van der Waals surface area contributed by atoms with Crippen molar-refractivity contribution in [1.29, 1.82) is 0 Å². The van der Waals surface area contributed by atoms with Gasteiger partial charge in [0.1, 0.15) is 11.5 Å². The highest BCUT2D eigenvalue weighted by molar-refractivity contribution is 5.69. The van der Waals surface area contributed by atoms with Gasteiger partial charge in [-0.05, 0) is 60.6 Å². The van der Waals surface area contributed by atoms with Gasteiger partial charge in [-0.15, -0.1) is 0 Å². The van der Waals surface area contributed by atoms with Crippen molar-refractivity contribution in [3.63, 3.8) is 0 Å². The van der Waals surface area contributed by atoms with E-state index in [4.69, 9.17) is 9.47 Å². The monoisotopic (exact) mass is 364 g/mol. The number of carbonyl (C=O) groups is 2. The number of esters is 2. The predicted molar refractivity (Wildman–Crippen MR) is 104 cm³/mol. The van der Waals surface area contributed by atoms with Crippen LogP contribution in [0.5, 0.6) is 11.5 Å². The van der Waals surface area contributed by atoms with Crippen molar-refractivity contribution in [2.75, 3.05) is 0 Å². The van der Waals surface area contributed by atoms with E-state index in [1.165, 1.54) is 25.0 Å². The molecule has 2 aromatic carbocycles. The Morgan fingerprint density at radius 1 is 0.815 bits per heavy atom. The van der Waals surface area contributed by atoms with Crippen LogP contribution < -0.4 is 9.47 Å². The minimum absolute atomic E-state index is 0.229. The molecule has 1 atom stereocenters. The molecule has 0 heterocycles. The molecule has 4 heteroatoms. The summed E-state index contributed by atoms with van der Waals surface area (Å²) < 4.78 is 10.3. The van der Waals surface area contributed by atoms with E-state index in [2.05, 4.69) is 12.2 Å². The molecule has 0 saturated carbocycles. The Kier molecular flexibility index (Phi) is 6.07. The zero-order chi connectivity index (χ0) is 19.2. The van der Waals surface area contributed by atoms with Crippen molar-refractivity contribution in [2.24, 2.45) is 5.92 Å². The number of hydrogen-bond donors (Lipinski definition) is 0. The van der Waals surface area contributed by atoms with E-state index in [-0.39, 0.29) is 17.9 Å². The van der Waals surface area contributed by atoms with E-state index >= 15 is 0 Å². The first kappa shape index (κ1) is 18.9. The molecular weight excluding hydrogens is 340 g/mol. The smallest absolute Gasteiger partial charge is 0.308 e. The van der Waals surface area contributed by atoms with Crippen molar-refractivity contribution in [2.45, 2.75) is 39.0 Å². The summed E-state index contributed by atoms with van der Waals surface area (Å²) in [5, 5.41) is 0. The summed E-state index contributed by atoms with van der Waals surface area (Å²) >= 11 is 0. The summed E-state index contributed by atoms with van der Waals surface area (Å²) in [7, 11) is 0. The van der Waals surface area contributed by atoms with Gasteiger partial charge in [0.25, 0.3) is 0 Å². The lowest BCUT2D eigenvalue weighted by molar-refractivity contribution is -0.132. The molecule has 2 aromatic rings. The molecule has 3 rings (SSSR count). The van der Waals surface area contributed by atoms with Crippen LogP contribution in [0.25, 0.3) is 0 Å². The molecule has 1 aliphatic carbocycles. The number of rotatable bonds is 5. The normalized spacial score (nSPS) is 16.2. The van der Waals surface area contributed by atoms with Gasteiger partial charge in [-0.1, -0.05) is 36.4 Å². The molecule has 0 saturated heterocycles. The van der Waals surface area contributed by atoms with Crippen LogP contribution in [0.1, 0.15) is 50.2 Å². The molecule has 4 nitrogen and oxygen atoms in total. The van der Waals surface area contributed by atoms with Gasteiger partial charge in [-0.2, -0.15) is 0 Å². The molecule has 1 aliphatic rings. The first-order valence-electron chi connectivity index (χ1n) is 9.24. The van der Waals surface area contributed by atoms with Crippen LogP contribution in [0.4, 0.5) is 0 Å². The van der Waals surface area contributed by atoms with E-state index in [0.717, 1.165) is 19.3 Å². The maximum absolute atomic E-state index is 11.1. The van der Waals surface area contributed by atoms with Crippen LogP contribution in [0.2, 0.25) is 0 Å². The van der Waals surface area contributed by atoms with Gasteiger partial charge in [-0.3, -0.25) is 9.59 Å². The van der Waals surface area contributed by atoms with Crippen molar-refractivity contribution >= 4 is 11.9 Å². The van der Waals surface area contributed by atoms with Gasteiger partial charge < -0.3 is 9.47 Å². The lowest BCUT2D eigenvalue weighted by atomic mass is 9.75. The second-order valence-corrected chi connectivity index (χ2v) is 6.85. The lowest BCUT2D eigenvalue weighted by Gasteiger charge is -2.29. The second-order valence-electron chi connectivity index (χ2n) is 6.85. The first-order chi connectivity index (χ1) is 13.0. The molecule has 27 heavy (non-hydrogen) atoms. The SMILES string of the molecule is CC(=O)Oc1ccc(C(c2ccc(OC(C)=O)cc2)[C@H]2CC=CCC2)cc1. The number of benzene rings is 2. The quantitative estimate of drug-likeness (QED) is 0.424. The highest BCUT2D eigenvalue weighted by Gasteiger charge is 2.25. The maximum Gasteiger partial charge on any atom is 0.308 e. The first-order valence-corrected chi connectivity index (χ1v) is 9.24. The molecule has 0 bridgehead atoms. The van der Waals surface area contributed by atoms with Crippen LogP contribution in [0.15, 0.2) is 60.7 Å². The highest BCUT2D eigenvalue weighted by atomic mass is 16.5. The van der Waals surface area contributed by atoms with E-state index < -0.39 is 0 Å². The van der Waals surface area contributed by atoms with Gasteiger partial charge in [-0.25, -0.2) is 0 Å². The van der Waals surface area contributed by atoms with Gasteiger partial charge in [0.2, 0.25) is 0 Å². The van der Waals surface area contributed by atoms with Gasteiger partial charge in [0.15, 0.2) is 0 Å². The van der Waals surface area contributed by atoms with Crippen LogP contribution in [-0.4, -0.2) is 11.9 Å². The van der Waals surface area contributed by atoms with Gasteiger partial charge in [0, 0.05) is 19.8 Å². The minimum Gasteiger partial charge on any atom is -0.427 e. The van der Waals surface area contributed by atoms with Gasteiger partial charge in [0.05, 0.1) is 0 Å². The highest BCUT2D eigenvalue weighted by Crippen LogP contribution is 2.39. The molecule has 0 fully saturated rings. The average Bonchev–Trinajstić information content (AvgIpc) is 2.65. The van der Waals surface area contributed by atoms with Crippen molar-refractivity contribution in [3.8, 4) is 11.5 Å². The lowest BCUT2D eigenvalue weighted by Crippen LogP contribution is -2.16. The third-order valence-electron chi connectivity index (χ3n) is 4.78. The Labute approximate surface area is 159 Å². The molecule has 0 spiro atoms. The fourth-order valence-corrected chi connectivity index (χ4v) is 3.67. The average molecular weight is 364 g/mol. The van der Waals surface area contributed by atoms with E-state index in [1.54, 1.807) is 0 Å². The fourth-order valence-electron chi connectivity index (χ4n) is 3.67. The molecule has 0 radical (unpaired) electrons. The molecule has 0 N–H and O–H groups in total. The Morgan fingerprint density at radius 3 is 1.67 bits per heavy atom. The summed E-state index contributed by atoms with van der Waals surface area (Å²) in [4.78, 5) is 22.3. The van der Waals surface area contributed by atoms with E-state index in [9.17, 15) is 9.59 Å². The van der Waals surface area contributed by atoms with Gasteiger partial charge >= 0.3 is 11.9 Å². The second kappa shape index (κ2) is 8.67. The number of hydrogen-bond acceptors (Lipinski definition) is 4. The zero-order valence-corrected chi connectivity index (χ0v) is 15.7. The third kappa shape index (κ3) is 5.07. The number of allylic oxidation sites excluding steroid dienone is 2. The Balaban J connectivity index is 1.90. The third-order valence-corrected chi connectivity index (χ3v) is 4.78. The Morgan fingerprint density at radius 2 is 1.30 bits per heavy atom. The summed E-state index contributed by atoms with van der Waals surface area (Å²) in [6.45, 7) is 2.80. The molecule has 0 unspecified atom stereocenters. The van der Waals surface area contributed by atoms with E-state index in [0.29, 0.717) is 17.4 Å². The van der Waals surface area contributed by atoms with Crippen molar-refractivity contribution in [3.05, 3.63) is 71.8 Å². The summed E-state index contributed by atoms with van der Waals surface area (Å²) in [5.74, 6) is 1.19. The standard InChI is InChI=1S/C23H24O4/c1-16(24)26-21-12-8-19(9-13-21)23(18-6-4-3-5-7-18)20-10-14-22(15-11-20)27-17(2)25/h3-4,8-15,18,23H,5-7H2,1-2H3/t18-/m0/s1. The largest absolute Gasteiger partial charge is 0.427 e. The summed E-state index contributed by atoms with van der Waals surface area (Å²) in [5.41, 5.74) is 2.37.